The van der Waals surface area contributed by atoms with Crippen LogP contribution in [0.5, 0.6) is 0 Å². The summed E-state index contributed by atoms with van der Waals surface area (Å²) in [7, 11) is 0. The van der Waals surface area contributed by atoms with Crippen LogP contribution in [0.2, 0.25) is 5.15 Å². The van der Waals surface area contributed by atoms with Crippen molar-refractivity contribution in [2.75, 3.05) is 0 Å². The molecule has 0 amide bonds. The van der Waals surface area contributed by atoms with E-state index in [2.05, 4.69) is 9.97 Å². The van der Waals surface area contributed by atoms with E-state index in [1.54, 1.807) is 18.2 Å². The number of hydrogen-bond donors (Lipinski definition) is 0. The van der Waals surface area contributed by atoms with Crippen molar-refractivity contribution in [1.82, 2.24) is 9.97 Å². The Morgan fingerprint density at radius 2 is 2.11 bits per heavy atom. The molecule has 0 aliphatic heterocycles. The number of aryl methyl sites for hydroxylation is 1. The molecule has 2 aromatic rings. The van der Waals surface area contributed by atoms with Crippen molar-refractivity contribution >= 4 is 17.3 Å². The first-order valence-electron chi connectivity index (χ1n) is 5.88. The highest BCUT2D eigenvalue weighted by atomic mass is 35.5. The van der Waals surface area contributed by atoms with E-state index in [0.717, 1.165) is 18.5 Å². The summed E-state index contributed by atoms with van der Waals surface area (Å²) in [4.78, 5) is 18.8. The summed E-state index contributed by atoms with van der Waals surface area (Å²) in [5.41, 5.74) is 1.44. The molecular weight excluding hydrogens is 266 g/mol. The zero-order valence-electron chi connectivity index (χ0n) is 10.3. The van der Waals surface area contributed by atoms with Crippen molar-refractivity contribution in [3.05, 3.63) is 51.3 Å². The first-order chi connectivity index (χ1) is 9.10. The first-order valence-corrected chi connectivity index (χ1v) is 6.26. The molecule has 0 atom stereocenters. The van der Waals surface area contributed by atoms with Gasteiger partial charge in [-0.1, -0.05) is 37.1 Å². The van der Waals surface area contributed by atoms with Gasteiger partial charge >= 0.3 is 0 Å². The molecule has 1 aromatic carbocycles. The average Bonchev–Trinajstić information content (AvgIpc) is 2.38. The summed E-state index contributed by atoms with van der Waals surface area (Å²) in [5, 5.41) is 11.1. The van der Waals surface area contributed by atoms with Gasteiger partial charge in [-0.3, -0.25) is 10.1 Å². The van der Waals surface area contributed by atoms with Crippen LogP contribution in [0.1, 0.15) is 19.0 Å². The maximum absolute atomic E-state index is 10.8. The van der Waals surface area contributed by atoms with E-state index >= 15 is 0 Å². The molecule has 0 N–H and O–H groups in total. The van der Waals surface area contributed by atoms with Gasteiger partial charge in [0.2, 0.25) is 0 Å². The standard InChI is InChI=1S/C13H12ClN3O2/c1-2-4-10-8-12(14)16-13(15-10)9-5-3-6-11(7-9)17(18)19/h3,5-8H,2,4H2,1H3. The minimum Gasteiger partial charge on any atom is -0.258 e. The quantitative estimate of drug-likeness (QED) is 0.486. The molecular formula is C13H12ClN3O2. The zero-order valence-corrected chi connectivity index (χ0v) is 11.1. The van der Waals surface area contributed by atoms with Gasteiger partial charge in [0.1, 0.15) is 5.15 Å². The van der Waals surface area contributed by atoms with Crippen LogP contribution in [0.4, 0.5) is 5.69 Å². The summed E-state index contributed by atoms with van der Waals surface area (Å²) >= 11 is 5.95. The lowest BCUT2D eigenvalue weighted by atomic mass is 10.1. The Labute approximate surface area is 115 Å². The highest BCUT2D eigenvalue weighted by Crippen LogP contribution is 2.22. The van der Waals surface area contributed by atoms with Crippen molar-refractivity contribution in [2.24, 2.45) is 0 Å². The van der Waals surface area contributed by atoms with Crippen molar-refractivity contribution in [1.29, 1.82) is 0 Å². The topological polar surface area (TPSA) is 68.9 Å². The lowest BCUT2D eigenvalue weighted by Crippen LogP contribution is -1.97. The second-order valence-corrected chi connectivity index (χ2v) is 4.45. The molecule has 0 aliphatic carbocycles. The summed E-state index contributed by atoms with van der Waals surface area (Å²) < 4.78 is 0. The largest absolute Gasteiger partial charge is 0.270 e. The molecule has 0 spiro atoms. The molecule has 0 saturated heterocycles. The normalized spacial score (nSPS) is 10.4. The highest BCUT2D eigenvalue weighted by molar-refractivity contribution is 6.29. The third-order valence-corrected chi connectivity index (χ3v) is 2.76. The summed E-state index contributed by atoms with van der Waals surface area (Å²) in [6, 6.07) is 7.93. The van der Waals surface area contributed by atoms with Crippen LogP contribution in [0.15, 0.2) is 30.3 Å². The van der Waals surface area contributed by atoms with Crippen LogP contribution in [0.3, 0.4) is 0 Å². The predicted molar refractivity (Wildman–Crippen MR) is 73.1 cm³/mol. The number of halogens is 1. The molecule has 19 heavy (non-hydrogen) atoms. The van der Waals surface area contributed by atoms with Gasteiger partial charge in [-0.2, -0.15) is 0 Å². The third-order valence-electron chi connectivity index (χ3n) is 2.57. The van der Waals surface area contributed by atoms with Crippen LogP contribution >= 0.6 is 11.6 Å². The summed E-state index contributed by atoms with van der Waals surface area (Å²) in [5.74, 6) is 0.416. The van der Waals surface area contributed by atoms with E-state index in [9.17, 15) is 10.1 Å². The monoisotopic (exact) mass is 277 g/mol. The number of aromatic nitrogens is 2. The smallest absolute Gasteiger partial charge is 0.258 e. The van der Waals surface area contributed by atoms with Gasteiger partial charge in [0, 0.05) is 23.4 Å². The van der Waals surface area contributed by atoms with Crippen LogP contribution in [-0.2, 0) is 6.42 Å². The molecule has 0 aliphatic rings. The molecule has 0 saturated carbocycles. The second kappa shape index (κ2) is 5.75. The Morgan fingerprint density at radius 1 is 1.32 bits per heavy atom. The van der Waals surface area contributed by atoms with Gasteiger partial charge in [0.05, 0.1) is 4.92 Å². The van der Waals surface area contributed by atoms with Gasteiger partial charge in [-0.15, -0.1) is 0 Å². The van der Waals surface area contributed by atoms with Gasteiger partial charge in [-0.25, -0.2) is 9.97 Å². The van der Waals surface area contributed by atoms with Crippen molar-refractivity contribution in [3.8, 4) is 11.4 Å². The lowest BCUT2D eigenvalue weighted by Gasteiger charge is -2.04. The lowest BCUT2D eigenvalue weighted by molar-refractivity contribution is -0.384. The van der Waals surface area contributed by atoms with Crippen LogP contribution < -0.4 is 0 Å². The Kier molecular flexibility index (Phi) is 4.06. The summed E-state index contributed by atoms with van der Waals surface area (Å²) in [6.07, 6.45) is 1.74. The third kappa shape index (κ3) is 3.26. The number of benzene rings is 1. The number of rotatable bonds is 4. The Morgan fingerprint density at radius 3 is 2.79 bits per heavy atom. The number of nitro benzene ring substituents is 1. The van der Waals surface area contributed by atoms with Crippen molar-refractivity contribution in [2.45, 2.75) is 19.8 Å². The fourth-order valence-corrected chi connectivity index (χ4v) is 1.94. The molecule has 1 aromatic heterocycles. The molecule has 98 valence electrons. The zero-order chi connectivity index (χ0) is 13.8. The van der Waals surface area contributed by atoms with E-state index in [-0.39, 0.29) is 5.69 Å². The molecule has 5 nitrogen and oxygen atoms in total. The van der Waals surface area contributed by atoms with Gasteiger partial charge in [-0.05, 0) is 12.5 Å². The highest BCUT2D eigenvalue weighted by Gasteiger charge is 2.10. The van der Waals surface area contributed by atoms with Crippen LogP contribution in [-0.4, -0.2) is 14.9 Å². The Balaban J connectivity index is 2.46. The maximum atomic E-state index is 10.8. The molecule has 6 heteroatoms. The van der Waals surface area contributed by atoms with Gasteiger partial charge in [0.15, 0.2) is 5.82 Å². The van der Waals surface area contributed by atoms with Gasteiger partial charge in [0.25, 0.3) is 5.69 Å². The maximum Gasteiger partial charge on any atom is 0.270 e. The number of nitrogens with zero attached hydrogens (tertiary/aromatic N) is 3. The average molecular weight is 278 g/mol. The fourth-order valence-electron chi connectivity index (χ4n) is 1.74. The number of nitro groups is 1. The molecule has 0 radical (unpaired) electrons. The fraction of sp³-hybridized carbons (Fsp3) is 0.231. The number of non-ortho nitro benzene ring substituents is 1. The molecule has 2 rings (SSSR count). The van der Waals surface area contributed by atoms with Crippen molar-refractivity contribution in [3.63, 3.8) is 0 Å². The molecule has 0 unspecified atom stereocenters. The van der Waals surface area contributed by atoms with Gasteiger partial charge < -0.3 is 0 Å². The Bertz CT molecular complexity index is 617. The van der Waals surface area contributed by atoms with Crippen molar-refractivity contribution < 1.29 is 4.92 Å². The minimum absolute atomic E-state index is 0.0121. The first kappa shape index (κ1) is 13.4. The SMILES string of the molecule is CCCc1cc(Cl)nc(-c2cccc([N+](=O)[O-])c2)n1. The second-order valence-electron chi connectivity index (χ2n) is 4.06. The number of hydrogen-bond acceptors (Lipinski definition) is 4. The summed E-state index contributed by atoms with van der Waals surface area (Å²) in [6.45, 7) is 2.04. The minimum atomic E-state index is -0.443. The van der Waals surface area contributed by atoms with E-state index in [1.165, 1.54) is 12.1 Å². The van der Waals surface area contributed by atoms with E-state index in [1.807, 2.05) is 6.92 Å². The van der Waals surface area contributed by atoms with E-state index < -0.39 is 4.92 Å². The van der Waals surface area contributed by atoms with Crippen LogP contribution in [0.25, 0.3) is 11.4 Å². The predicted octanol–water partition coefficient (Wildman–Crippen LogP) is 3.66. The molecule has 0 bridgehead atoms. The van der Waals surface area contributed by atoms with E-state index in [4.69, 9.17) is 11.6 Å². The molecule has 1 heterocycles. The van der Waals surface area contributed by atoms with E-state index in [0.29, 0.717) is 16.5 Å². The van der Waals surface area contributed by atoms with Crippen LogP contribution in [0, 0.1) is 10.1 Å². The Hall–Kier alpha value is -2.01. The molecule has 0 fully saturated rings.